The van der Waals surface area contributed by atoms with Crippen molar-refractivity contribution < 1.29 is 4.74 Å². The van der Waals surface area contributed by atoms with Crippen molar-refractivity contribution >= 4 is 29.9 Å². The lowest BCUT2D eigenvalue weighted by Crippen LogP contribution is -2.41. The molecule has 2 aliphatic rings. The summed E-state index contributed by atoms with van der Waals surface area (Å²) in [7, 11) is 0. The molecule has 1 aliphatic carbocycles. The van der Waals surface area contributed by atoms with Crippen LogP contribution in [-0.4, -0.2) is 63.3 Å². The van der Waals surface area contributed by atoms with Gasteiger partial charge < -0.3 is 15.4 Å². The minimum absolute atomic E-state index is 0. The molecule has 0 bridgehead atoms. The number of halogens is 1. The summed E-state index contributed by atoms with van der Waals surface area (Å²) in [6, 6.07) is 0. The van der Waals surface area contributed by atoms with Crippen molar-refractivity contribution in [2.24, 2.45) is 10.4 Å². The van der Waals surface area contributed by atoms with E-state index in [4.69, 9.17) is 9.73 Å². The Kier molecular flexibility index (Phi) is 11.3. The second kappa shape index (κ2) is 12.3. The summed E-state index contributed by atoms with van der Waals surface area (Å²) in [6.07, 6.45) is 7.88. The van der Waals surface area contributed by atoms with Gasteiger partial charge >= 0.3 is 0 Å². The highest BCUT2D eigenvalue weighted by Crippen LogP contribution is 2.41. The van der Waals surface area contributed by atoms with Gasteiger partial charge in [-0.05, 0) is 44.6 Å². The largest absolute Gasteiger partial charge is 0.379 e. The summed E-state index contributed by atoms with van der Waals surface area (Å²) in [5.41, 5.74) is 0.468. The fourth-order valence-corrected chi connectivity index (χ4v) is 3.67. The number of morpholine rings is 1. The molecule has 0 unspecified atom stereocenters. The molecule has 0 spiro atoms. The van der Waals surface area contributed by atoms with Crippen LogP contribution in [0.3, 0.4) is 0 Å². The highest BCUT2D eigenvalue weighted by atomic mass is 127. The van der Waals surface area contributed by atoms with Gasteiger partial charge in [-0.25, -0.2) is 0 Å². The Labute approximate surface area is 165 Å². The van der Waals surface area contributed by atoms with Crippen LogP contribution in [0.25, 0.3) is 0 Å². The summed E-state index contributed by atoms with van der Waals surface area (Å²) >= 11 is 0. The van der Waals surface area contributed by atoms with Gasteiger partial charge in [0.05, 0.1) is 13.2 Å². The van der Waals surface area contributed by atoms with Gasteiger partial charge in [0.15, 0.2) is 5.96 Å². The van der Waals surface area contributed by atoms with E-state index in [9.17, 15) is 0 Å². The number of nitrogens with one attached hydrogen (secondary N) is 2. The molecule has 0 aromatic rings. The first-order valence-corrected chi connectivity index (χ1v) is 9.60. The highest BCUT2D eigenvalue weighted by Gasteiger charge is 2.31. The Bertz CT molecular complexity index is 353. The standard InChI is InChI=1S/C18H36N4O.HI/c1-3-18(8-5-6-9-18)16-21-17(19-4-2)20-10-7-11-22-12-14-23-15-13-22;/h3-16H2,1-2H3,(H2,19,20,21);1H. The molecular formula is C18H37IN4O. The van der Waals surface area contributed by atoms with Crippen LogP contribution in [-0.2, 0) is 4.74 Å². The molecule has 0 aromatic heterocycles. The maximum absolute atomic E-state index is 5.39. The summed E-state index contributed by atoms with van der Waals surface area (Å²) in [6.45, 7) is 12.4. The lowest BCUT2D eigenvalue weighted by molar-refractivity contribution is 0.0376. The average Bonchev–Trinajstić information content (AvgIpc) is 3.07. The highest BCUT2D eigenvalue weighted by molar-refractivity contribution is 14.0. The molecule has 1 saturated heterocycles. The first-order valence-electron chi connectivity index (χ1n) is 9.60. The van der Waals surface area contributed by atoms with E-state index in [1.807, 2.05) is 0 Å². The molecule has 1 heterocycles. The van der Waals surface area contributed by atoms with Gasteiger partial charge in [0, 0.05) is 32.7 Å². The summed E-state index contributed by atoms with van der Waals surface area (Å²) < 4.78 is 5.39. The first-order chi connectivity index (χ1) is 11.3. The molecule has 0 aromatic carbocycles. The Hall–Kier alpha value is -0.0800. The van der Waals surface area contributed by atoms with Crippen LogP contribution >= 0.6 is 24.0 Å². The second-order valence-corrected chi connectivity index (χ2v) is 6.99. The molecular weight excluding hydrogens is 415 g/mol. The van der Waals surface area contributed by atoms with E-state index in [2.05, 4.69) is 29.4 Å². The van der Waals surface area contributed by atoms with Gasteiger partial charge in [-0.1, -0.05) is 19.8 Å². The zero-order valence-corrected chi connectivity index (χ0v) is 17.9. The summed E-state index contributed by atoms with van der Waals surface area (Å²) in [5.74, 6) is 0.995. The smallest absolute Gasteiger partial charge is 0.191 e. The molecule has 142 valence electrons. The minimum atomic E-state index is 0. The maximum atomic E-state index is 5.39. The van der Waals surface area contributed by atoms with Gasteiger partial charge in [0.2, 0.25) is 0 Å². The molecule has 6 heteroatoms. The Balaban J connectivity index is 0.00000288. The Morgan fingerprint density at radius 2 is 1.83 bits per heavy atom. The van der Waals surface area contributed by atoms with E-state index in [-0.39, 0.29) is 24.0 Å². The van der Waals surface area contributed by atoms with Crippen LogP contribution in [0.15, 0.2) is 4.99 Å². The summed E-state index contributed by atoms with van der Waals surface area (Å²) in [4.78, 5) is 7.37. The van der Waals surface area contributed by atoms with Gasteiger partial charge in [-0.2, -0.15) is 0 Å². The number of guanidine groups is 1. The summed E-state index contributed by atoms with van der Waals surface area (Å²) in [5, 5.41) is 6.90. The number of hydrogen-bond donors (Lipinski definition) is 2. The van der Waals surface area contributed by atoms with E-state index in [1.165, 1.54) is 32.1 Å². The maximum Gasteiger partial charge on any atom is 0.191 e. The van der Waals surface area contributed by atoms with Crippen LogP contribution in [0.1, 0.15) is 52.4 Å². The fraction of sp³-hybridized carbons (Fsp3) is 0.944. The number of hydrogen-bond acceptors (Lipinski definition) is 3. The van der Waals surface area contributed by atoms with Crippen molar-refractivity contribution in [3.05, 3.63) is 0 Å². The van der Waals surface area contributed by atoms with Crippen LogP contribution in [0.4, 0.5) is 0 Å². The quantitative estimate of drug-likeness (QED) is 0.258. The molecule has 2 N–H and O–H groups in total. The molecule has 2 fully saturated rings. The zero-order valence-electron chi connectivity index (χ0n) is 15.6. The van der Waals surface area contributed by atoms with Crippen molar-refractivity contribution in [2.75, 3.05) is 52.5 Å². The van der Waals surface area contributed by atoms with Crippen LogP contribution in [0.2, 0.25) is 0 Å². The van der Waals surface area contributed by atoms with Crippen molar-refractivity contribution in [2.45, 2.75) is 52.4 Å². The molecule has 0 atom stereocenters. The fourth-order valence-electron chi connectivity index (χ4n) is 3.67. The lowest BCUT2D eigenvalue weighted by atomic mass is 9.84. The first kappa shape index (κ1) is 22.0. The number of ether oxygens (including phenoxy) is 1. The van der Waals surface area contributed by atoms with E-state index >= 15 is 0 Å². The molecule has 0 amide bonds. The Morgan fingerprint density at radius 1 is 1.12 bits per heavy atom. The van der Waals surface area contributed by atoms with Crippen LogP contribution in [0.5, 0.6) is 0 Å². The molecule has 24 heavy (non-hydrogen) atoms. The zero-order chi connectivity index (χ0) is 16.4. The van der Waals surface area contributed by atoms with Crippen molar-refractivity contribution in [1.29, 1.82) is 0 Å². The SMILES string of the molecule is CCNC(=NCC1(CC)CCCC1)NCCCN1CCOCC1.I. The van der Waals surface area contributed by atoms with Gasteiger partial charge in [-0.15, -0.1) is 24.0 Å². The van der Waals surface area contributed by atoms with E-state index in [0.29, 0.717) is 5.41 Å². The minimum Gasteiger partial charge on any atom is -0.379 e. The number of aliphatic imine (C=N–C) groups is 1. The second-order valence-electron chi connectivity index (χ2n) is 6.99. The third-order valence-corrected chi connectivity index (χ3v) is 5.38. The number of nitrogens with zero attached hydrogens (tertiary/aromatic N) is 2. The predicted molar refractivity (Wildman–Crippen MR) is 112 cm³/mol. The van der Waals surface area contributed by atoms with E-state index in [0.717, 1.165) is 64.9 Å². The van der Waals surface area contributed by atoms with E-state index in [1.54, 1.807) is 0 Å². The molecule has 5 nitrogen and oxygen atoms in total. The number of rotatable bonds is 8. The monoisotopic (exact) mass is 452 g/mol. The molecule has 0 radical (unpaired) electrons. The van der Waals surface area contributed by atoms with Gasteiger partial charge in [0.25, 0.3) is 0 Å². The van der Waals surface area contributed by atoms with Crippen LogP contribution < -0.4 is 10.6 Å². The van der Waals surface area contributed by atoms with Crippen molar-refractivity contribution in [3.63, 3.8) is 0 Å². The van der Waals surface area contributed by atoms with Crippen LogP contribution in [0, 0.1) is 5.41 Å². The predicted octanol–water partition coefficient (Wildman–Crippen LogP) is 2.85. The van der Waals surface area contributed by atoms with Gasteiger partial charge in [0.1, 0.15) is 0 Å². The average molecular weight is 452 g/mol. The third-order valence-electron chi connectivity index (χ3n) is 5.38. The Morgan fingerprint density at radius 3 is 2.46 bits per heavy atom. The molecule has 1 saturated carbocycles. The molecule has 1 aliphatic heterocycles. The molecule has 2 rings (SSSR count). The topological polar surface area (TPSA) is 48.9 Å². The van der Waals surface area contributed by atoms with Gasteiger partial charge in [-0.3, -0.25) is 9.89 Å². The lowest BCUT2D eigenvalue weighted by Gasteiger charge is -2.27. The third kappa shape index (κ3) is 7.44. The van der Waals surface area contributed by atoms with E-state index < -0.39 is 0 Å². The van der Waals surface area contributed by atoms with Crippen molar-refractivity contribution in [3.8, 4) is 0 Å². The van der Waals surface area contributed by atoms with Crippen molar-refractivity contribution in [1.82, 2.24) is 15.5 Å². The normalized spacial score (nSPS) is 21.3.